The maximum Gasteiger partial charge on any atom is 0.409 e. The van der Waals surface area contributed by atoms with Crippen molar-refractivity contribution in [1.82, 2.24) is 9.21 Å². The molecule has 0 unspecified atom stereocenters. The maximum atomic E-state index is 12.6. The van der Waals surface area contributed by atoms with Gasteiger partial charge in [-0.05, 0) is 40.5 Å². The van der Waals surface area contributed by atoms with E-state index in [-0.39, 0.29) is 18.0 Å². The molecule has 8 heteroatoms. The Bertz CT molecular complexity index is 640. The van der Waals surface area contributed by atoms with Gasteiger partial charge in [-0.2, -0.15) is 4.31 Å². The van der Waals surface area contributed by atoms with Gasteiger partial charge in [0.1, 0.15) is 0 Å². The van der Waals surface area contributed by atoms with E-state index in [0.717, 1.165) is 5.56 Å². The number of carbonyl (C=O) groups excluding carboxylic acids is 1. The molecular formula is C13H17BrN2O4S. The van der Waals surface area contributed by atoms with Crippen LogP contribution in [0.5, 0.6) is 0 Å². The summed E-state index contributed by atoms with van der Waals surface area (Å²) in [4.78, 5) is 13.2. The number of sulfonamides is 1. The highest BCUT2D eigenvalue weighted by molar-refractivity contribution is 9.10. The van der Waals surface area contributed by atoms with E-state index in [1.807, 2.05) is 6.92 Å². The van der Waals surface area contributed by atoms with Crippen LogP contribution in [0.2, 0.25) is 0 Å². The molecule has 6 nitrogen and oxygen atoms in total. The van der Waals surface area contributed by atoms with Crippen LogP contribution in [-0.4, -0.2) is 57.0 Å². The van der Waals surface area contributed by atoms with Crippen LogP contribution in [0.15, 0.2) is 27.6 Å². The standard InChI is InChI=1S/C13H17BrN2O4S/c1-10-3-4-12(11(14)9-10)21(18,19)16-7-5-15(6-8-16)13(17)20-2/h3-4,9H,5-8H2,1-2H3. The third-order valence-corrected chi connectivity index (χ3v) is 6.25. The summed E-state index contributed by atoms with van der Waals surface area (Å²) in [5.74, 6) is 0. The molecule has 1 aromatic rings. The molecule has 0 aromatic heterocycles. The molecule has 2 rings (SSSR count). The molecule has 0 bridgehead atoms. The van der Waals surface area contributed by atoms with Crippen molar-refractivity contribution in [3.63, 3.8) is 0 Å². The number of hydrogen-bond donors (Lipinski definition) is 0. The molecule has 0 spiro atoms. The first kappa shape index (κ1) is 16.3. The summed E-state index contributed by atoms with van der Waals surface area (Å²) in [6.07, 6.45) is -0.427. The SMILES string of the molecule is COC(=O)N1CCN(S(=O)(=O)c2ccc(C)cc2Br)CC1. The molecule has 116 valence electrons. The second-order valence-electron chi connectivity index (χ2n) is 4.80. The van der Waals surface area contributed by atoms with Crippen molar-refractivity contribution in [3.05, 3.63) is 28.2 Å². The minimum absolute atomic E-state index is 0.250. The van der Waals surface area contributed by atoms with Gasteiger partial charge in [-0.25, -0.2) is 13.2 Å². The van der Waals surface area contributed by atoms with Gasteiger partial charge in [0.25, 0.3) is 0 Å². The molecule has 21 heavy (non-hydrogen) atoms. The third kappa shape index (κ3) is 3.38. The van der Waals surface area contributed by atoms with E-state index in [1.165, 1.54) is 16.3 Å². The van der Waals surface area contributed by atoms with Crippen LogP contribution in [-0.2, 0) is 14.8 Å². The second-order valence-corrected chi connectivity index (χ2v) is 7.56. The van der Waals surface area contributed by atoms with Crippen LogP contribution in [0.3, 0.4) is 0 Å². The summed E-state index contributed by atoms with van der Waals surface area (Å²) >= 11 is 3.31. The van der Waals surface area contributed by atoms with Gasteiger partial charge in [0.15, 0.2) is 0 Å². The van der Waals surface area contributed by atoms with Gasteiger partial charge in [0.2, 0.25) is 10.0 Å². The van der Waals surface area contributed by atoms with Gasteiger partial charge in [-0.1, -0.05) is 6.07 Å². The largest absolute Gasteiger partial charge is 0.453 e. The summed E-state index contributed by atoms with van der Waals surface area (Å²) in [6.45, 7) is 3.08. The number of halogens is 1. The Morgan fingerprint density at radius 3 is 2.38 bits per heavy atom. The molecular weight excluding hydrogens is 360 g/mol. The van der Waals surface area contributed by atoms with Crippen molar-refractivity contribution < 1.29 is 17.9 Å². The summed E-state index contributed by atoms with van der Waals surface area (Å²) < 4.78 is 31.8. The fourth-order valence-corrected chi connectivity index (χ4v) is 4.77. The lowest BCUT2D eigenvalue weighted by Crippen LogP contribution is -2.50. The first-order valence-corrected chi connectivity index (χ1v) is 8.69. The zero-order valence-electron chi connectivity index (χ0n) is 11.9. The highest BCUT2D eigenvalue weighted by Gasteiger charge is 2.31. The summed E-state index contributed by atoms with van der Waals surface area (Å²) in [5, 5.41) is 0. The molecule has 0 atom stereocenters. The number of ether oxygens (including phenoxy) is 1. The highest BCUT2D eigenvalue weighted by Crippen LogP contribution is 2.26. The van der Waals surface area contributed by atoms with Gasteiger partial charge >= 0.3 is 6.09 Å². The monoisotopic (exact) mass is 376 g/mol. The molecule has 1 amide bonds. The molecule has 1 fully saturated rings. The van der Waals surface area contributed by atoms with E-state index >= 15 is 0 Å². The Hall–Kier alpha value is -1.12. The van der Waals surface area contributed by atoms with Crippen LogP contribution in [0, 0.1) is 6.92 Å². The zero-order chi connectivity index (χ0) is 15.6. The molecule has 0 saturated carbocycles. The predicted octanol–water partition coefficient (Wildman–Crippen LogP) is 1.83. The normalized spacial score (nSPS) is 16.8. The predicted molar refractivity (Wildman–Crippen MR) is 81.6 cm³/mol. The van der Waals surface area contributed by atoms with Crippen molar-refractivity contribution in [3.8, 4) is 0 Å². The molecule has 0 aliphatic carbocycles. The van der Waals surface area contributed by atoms with E-state index in [1.54, 1.807) is 18.2 Å². The molecule has 1 aromatic carbocycles. The number of hydrogen-bond acceptors (Lipinski definition) is 4. The Labute approximate surface area is 132 Å². The molecule has 0 N–H and O–H groups in total. The minimum atomic E-state index is -3.56. The Morgan fingerprint density at radius 1 is 1.24 bits per heavy atom. The van der Waals surface area contributed by atoms with E-state index in [2.05, 4.69) is 20.7 Å². The smallest absolute Gasteiger partial charge is 0.409 e. The van der Waals surface area contributed by atoms with Gasteiger partial charge < -0.3 is 9.64 Å². The topological polar surface area (TPSA) is 66.9 Å². The van der Waals surface area contributed by atoms with Crippen LogP contribution in [0.4, 0.5) is 4.79 Å². The van der Waals surface area contributed by atoms with Gasteiger partial charge in [0.05, 0.1) is 12.0 Å². The summed E-state index contributed by atoms with van der Waals surface area (Å²) in [5.41, 5.74) is 0.983. The average Bonchev–Trinajstić information content (AvgIpc) is 2.46. The van der Waals surface area contributed by atoms with Crippen molar-refractivity contribution in [2.75, 3.05) is 33.3 Å². The number of rotatable bonds is 2. The van der Waals surface area contributed by atoms with Crippen LogP contribution in [0.1, 0.15) is 5.56 Å². The van der Waals surface area contributed by atoms with E-state index in [4.69, 9.17) is 0 Å². The third-order valence-electron chi connectivity index (χ3n) is 3.38. The van der Waals surface area contributed by atoms with E-state index in [9.17, 15) is 13.2 Å². The maximum absolute atomic E-state index is 12.6. The fraction of sp³-hybridized carbons (Fsp3) is 0.462. The lowest BCUT2D eigenvalue weighted by atomic mass is 10.2. The van der Waals surface area contributed by atoms with Crippen LogP contribution < -0.4 is 0 Å². The lowest BCUT2D eigenvalue weighted by Gasteiger charge is -2.33. The lowest BCUT2D eigenvalue weighted by molar-refractivity contribution is 0.108. The number of nitrogens with zero attached hydrogens (tertiary/aromatic N) is 2. The van der Waals surface area contributed by atoms with Crippen molar-refractivity contribution >= 4 is 32.0 Å². The number of benzene rings is 1. The number of carbonyl (C=O) groups is 1. The number of aryl methyl sites for hydroxylation is 1. The highest BCUT2D eigenvalue weighted by atomic mass is 79.9. The van der Waals surface area contributed by atoms with Crippen molar-refractivity contribution in [2.24, 2.45) is 0 Å². The molecule has 1 aliphatic rings. The fourth-order valence-electron chi connectivity index (χ4n) is 2.19. The summed E-state index contributed by atoms with van der Waals surface area (Å²) in [6, 6.07) is 5.14. The molecule has 1 heterocycles. The average molecular weight is 377 g/mol. The molecule has 0 radical (unpaired) electrons. The summed E-state index contributed by atoms with van der Waals surface area (Å²) in [7, 11) is -2.24. The quantitative estimate of drug-likeness (QED) is 0.789. The molecule has 1 aliphatic heterocycles. The van der Waals surface area contributed by atoms with Gasteiger partial charge in [-0.3, -0.25) is 0 Å². The van der Waals surface area contributed by atoms with Crippen LogP contribution >= 0.6 is 15.9 Å². The van der Waals surface area contributed by atoms with E-state index in [0.29, 0.717) is 17.6 Å². The zero-order valence-corrected chi connectivity index (χ0v) is 14.3. The molecule has 1 saturated heterocycles. The van der Waals surface area contributed by atoms with Crippen molar-refractivity contribution in [2.45, 2.75) is 11.8 Å². The first-order chi connectivity index (χ1) is 9.86. The van der Waals surface area contributed by atoms with Gasteiger partial charge in [0, 0.05) is 30.7 Å². The number of piperazine rings is 1. The van der Waals surface area contributed by atoms with E-state index < -0.39 is 16.1 Å². The number of methoxy groups -OCH3 is 1. The van der Waals surface area contributed by atoms with Crippen molar-refractivity contribution in [1.29, 1.82) is 0 Å². The number of amides is 1. The Morgan fingerprint density at radius 2 is 1.86 bits per heavy atom. The van der Waals surface area contributed by atoms with Crippen LogP contribution in [0.25, 0.3) is 0 Å². The Kier molecular flexibility index (Phi) is 4.90. The second kappa shape index (κ2) is 6.33. The Balaban J connectivity index is 2.17. The minimum Gasteiger partial charge on any atom is -0.453 e. The van der Waals surface area contributed by atoms with Gasteiger partial charge in [-0.15, -0.1) is 0 Å². The first-order valence-electron chi connectivity index (χ1n) is 6.45.